The number of aliphatic hydroxyl groups is 1. The van der Waals surface area contributed by atoms with Gasteiger partial charge in [-0.25, -0.2) is 4.99 Å². The van der Waals surface area contributed by atoms with Crippen molar-refractivity contribution >= 4 is 11.9 Å². The van der Waals surface area contributed by atoms with Crippen LogP contribution in [0.2, 0.25) is 0 Å². The number of likely N-dealkylation sites (N-methyl/N-ethyl adjacent to an activating group) is 1. The van der Waals surface area contributed by atoms with Crippen LogP contribution in [-0.4, -0.2) is 51.4 Å². The molecule has 0 aliphatic carbocycles. The molecule has 0 saturated carbocycles. The molecule has 1 atom stereocenters. The Morgan fingerprint density at radius 3 is 2.62 bits per heavy atom. The maximum absolute atomic E-state index is 9.21. The van der Waals surface area contributed by atoms with E-state index in [1.165, 1.54) is 6.20 Å². The number of allylic oxidation sites excluding steroid dienone is 3. The van der Waals surface area contributed by atoms with E-state index < -0.39 is 0 Å². The second-order valence-electron chi connectivity index (χ2n) is 7.19. The third kappa shape index (κ3) is 5.44. The van der Waals surface area contributed by atoms with Gasteiger partial charge in [0.1, 0.15) is 0 Å². The Hall–Kier alpha value is -2.67. The van der Waals surface area contributed by atoms with Crippen LogP contribution in [0.15, 0.2) is 57.8 Å². The monoisotopic (exact) mass is 398 g/mol. The van der Waals surface area contributed by atoms with Crippen molar-refractivity contribution in [1.29, 1.82) is 0 Å². The first-order valence-electron chi connectivity index (χ1n) is 10.3. The third-order valence-electron chi connectivity index (χ3n) is 4.97. The fraction of sp³-hybridized carbons (Fsp3) is 0.500. The molecule has 0 radical (unpaired) electrons. The highest BCUT2D eigenvalue weighted by molar-refractivity contribution is 6.13. The molecule has 1 aromatic rings. The van der Waals surface area contributed by atoms with Crippen molar-refractivity contribution in [1.82, 2.24) is 14.7 Å². The van der Waals surface area contributed by atoms with Crippen molar-refractivity contribution < 1.29 is 5.11 Å². The highest BCUT2D eigenvalue weighted by Gasteiger charge is 2.22. The number of nitrogens with zero attached hydrogens (tertiary/aromatic N) is 5. The standard InChI is InChI=1S/C22H34N6O/c1-6-9-21-22(18-12-25-28(13-18)19(7-2)8-3)26-20(14-27(21)5)17(10-23)11-24-16(4)15-29/h9-14,16,19,29H,6-8,15,23H2,1-5H3/b17-10?,21-9-,24-11?/t16-/m0/s1. The number of aromatic nitrogens is 2. The van der Waals surface area contributed by atoms with Crippen LogP contribution in [0.25, 0.3) is 0 Å². The number of hydrogen-bond donors (Lipinski definition) is 2. The maximum atomic E-state index is 9.21. The van der Waals surface area contributed by atoms with Gasteiger partial charge in [-0.3, -0.25) is 9.67 Å². The van der Waals surface area contributed by atoms with E-state index in [1.54, 1.807) is 6.21 Å². The summed E-state index contributed by atoms with van der Waals surface area (Å²) in [4.78, 5) is 11.3. The number of aliphatic hydroxyl groups excluding tert-OH is 1. The second kappa shape index (κ2) is 10.8. The summed E-state index contributed by atoms with van der Waals surface area (Å²) in [6.45, 7) is 8.29. The fourth-order valence-corrected chi connectivity index (χ4v) is 3.18. The summed E-state index contributed by atoms with van der Waals surface area (Å²) in [5.41, 5.74) is 10.2. The minimum absolute atomic E-state index is 0.0135. The number of hydrogen-bond acceptors (Lipinski definition) is 6. The molecule has 0 fully saturated rings. The molecule has 0 spiro atoms. The summed E-state index contributed by atoms with van der Waals surface area (Å²) in [5, 5.41) is 13.8. The first kappa shape index (κ1) is 22.6. The molecular weight excluding hydrogens is 364 g/mol. The Kier molecular flexibility index (Phi) is 8.39. The number of rotatable bonds is 9. The van der Waals surface area contributed by atoms with Gasteiger partial charge in [-0.15, -0.1) is 0 Å². The fourth-order valence-electron chi connectivity index (χ4n) is 3.18. The van der Waals surface area contributed by atoms with Gasteiger partial charge in [-0.2, -0.15) is 5.10 Å². The Bertz CT molecular complexity index is 826. The van der Waals surface area contributed by atoms with Crippen LogP contribution >= 0.6 is 0 Å². The molecule has 7 nitrogen and oxygen atoms in total. The Balaban J connectivity index is 2.47. The van der Waals surface area contributed by atoms with Gasteiger partial charge in [-0.05, 0) is 26.2 Å². The Morgan fingerprint density at radius 1 is 1.31 bits per heavy atom. The lowest BCUT2D eigenvalue weighted by Gasteiger charge is -2.26. The molecule has 1 aliphatic rings. The quantitative estimate of drug-likeness (QED) is 0.624. The zero-order chi connectivity index (χ0) is 21.4. The SMILES string of the molecule is CC/C=C1/C(c2cnn(C(CC)CC)c2)=NC(C(C=N[C@@H](C)CO)=CN)=CN1C. The van der Waals surface area contributed by atoms with E-state index >= 15 is 0 Å². The highest BCUT2D eigenvalue weighted by Crippen LogP contribution is 2.25. The molecule has 3 N–H and O–H groups in total. The van der Waals surface area contributed by atoms with Gasteiger partial charge in [0.15, 0.2) is 0 Å². The summed E-state index contributed by atoms with van der Waals surface area (Å²) in [7, 11) is 2.00. The molecule has 0 amide bonds. The van der Waals surface area contributed by atoms with Crippen LogP contribution in [0.5, 0.6) is 0 Å². The van der Waals surface area contributed by atoms with E-state index in [2.05, 4.69) is 48.0 Å². The van der Waals surface area contributed by atoms with Crippen LogP contribution in [-0.2, 0) is 0 Å². The number of nitrogens with two attached hydrogens (primary N) is 1. The maximum Gasteiger partial charge on any atom is 0.0974 e. The van der Waals surface area contributed by atoms with Crippen molar-refractivity contribution in [3.8, 4) is 0 Å². The van der Waals surface area contributed by atoms with E-state index in [0.29, 0.717) is 11.6 Å². The zero-order valence-corrected chi connectivity index (χ0v) is 18.2. The summed E-state index contributed by atoms with van der Waals surface area (Å²) < 4.78 is 2.03. The minimum Gasteiger partial charge on any atom is -0.404 e. The average molecular weight is 399 g/mol. The lowest BCUT2D eigenvalue weighted by atomic mass is 10.1. The second-order valence-corrected chi connectivity index (χ2v) is 7.19. The molecular formula is C22H34N6O. The molecule has 7 heteroatoms. The number of aliphatic imine (C=N–C) groups is 2. The van der Waals surface area contributed by atoms with Crippen molar-refractivity contribution in [2.45, 2.75) is 59.0 Å². The molecule has 2 rings (SSSR count). The van der Waals surface area contributed by atoms with E-state index in [4.69, 9.17) is 10.7 Å². The first-order chi connectivity index (χ1) is 14.0. The largest absolute Gasteiger partial charge is 0.404 e. The van der Waals surface area contributed by atoms with Crippen molar-refractivity contribution in [3.05, 3.63) is 53.4 Å². The summed E-state index contributed by atoms with van der Waals surface area (Å²) in [5.74, 6) is 0. The molecule has 1 aromatic heterocycles. The van der Waals surface area contributed by atoms with Crippen molar-refractivity contribution in [2.75, 3.05) is 13.7 Å². The van der Waals surface area contributed by atoms with E-state index in [9.17, 15) is 5.11 Å². The molecule has 0 aromatic carbocycles. The van der Waals surface area contributed by atoms with Crippen molar-refractivity contribution in [3.63, 3.8) is 0 Å². The molecule has 0 bridgehead atoms. The van der Waals surface area contributed by atoms with Crippen molar-refractivity contribution in [2.24, 2.45) is 15.7 Å². The average Bonchev–Trinajstić information content (AvgIpc) is 3.20. The van der Waals surface area contributed by atoms with Gasteiger partial charge in [-0.1, -0.05) is 26.8 Å². The van der Waals surface area contributed by atoms with E-state index in [0.717, 1.165) is 41.9 Å². The molecule has 1 aliphatic heterocycles. The molecule has 29 heavy (non-hydrogen) atoms. The Labute approximate surface area is 174 Å². The zero-order valence-electron chi connectivity index (χ0n) is 18.2. The summed E-state index contributed by atoms with van der Waals surface area (Å²) in [6.07, 6.45) is 14.2. The predicted molar refractivity (Wildman–Crippen MR) is 120 cm³/mol. The minimum atomic E-state index is -0.191. The van der Waals surface area contributed by atoms with Gasteiger partial charge in [0.25, 0.3) is 0 Å². The summed E-state index contributed by atoms with van der Waals surface area (Å²) in [6, 6.07) is 0.190. The highest BCUT2D eigenvalue weighted by atomic mass is 16.3. The lowest BCUT2D eigenvalue weighted by Crippen LogP contribution is -2.24. The smallest absolute Gasteiger partial charge is 0.0974 e. The summed E-state index contributed by atoms with van der Waals surface area (Å²) >= 11 is 0. The first-order valence-corrected chi connectivity index (χ1v) is 10.3. The molecule has 0 saturated heterocycles. The van der Waals surface area contributed by atoms with Crippen LogP contribution in [0, 0.1) is 0 Å². The Morgan fingerprint density at radius 2 is 2.03 bits per heavy atom. The third-order valence-corrected chi connectivity index (χ3v) is 4.97. The van der Waals surface area contributed by atoms with Gasteiger partial charge < -0.3 is 15.7 Å². The van der Waals surface area contributed by atoms with Gasteiger partial charge >= 0.3 is 0 Å². The topological polar surface area (TPSA) is 92.0 Å². The molecule has 2 heterocycles. The van der Waals surface area contributed by atoms with E-state index in [1.807, 2.05) is 31.1 Å². The van der Waals surface area contributed by atoms with Crippen LogP contribution in [0.1, 0.15) is 58.6 Å². The molecule has 158 valence electrons. The van der Waals surface area contributed by atoms with Crippen LogP contribution in [0.4, 0.5) is 0 Å². The van der Waals surface area contributed by atoms with E-state index in [-0.39, 0.29) is 12.6 Å². The van der Waals surface area contributed by atoms with Gasteiger partial charge in [0, 0.05) is 43.0 Å². The molecule has 0 unspecified atom stereocenters. The van der Waals surface area contributed by atoms with Gasteiger partial charge in [0.05, 0.1) is 42.0 Å². The van der Waals surface area contributed by atoms with Gasteiger partial charge in [0.2, 0.25) is 0 Å². The van der Waals surface area contributed by atoms with Crippen LogP contribution < -0.4 is 5.73 Å². The normalized spacial score (nSPS) is 18.0. The predicted octanol–water partition coefficient (Wildman–Crippen LogP) is 3.41. The lowest BCUT2D eigenvalue weighted by molar-refractivity contribution is 0.275. The van der Waals surface area contributed by atoms with Crippen LogP contribution in [0.3, 0.4) is 0 Å².